The second kappa shape index (κ2) is 5.78. The lowest BCUT2D eigenvalue weighted by Gasteiger charge is -2.35. The number of fused-ring (bicyclic) bond motifs is 1. The van der Waals surface area contributed by atoms with Crippen molar-refractivity contribution < 1.29 is 9.47 Å². The van der Waals surface area contributed by atoms with Gasteiger partial charge in [0.15, 0.2) is 11.5 Å². The molecule has 0 spiro atoms. The minimum Gasteiger partial charge on any atom is -0.493 e. The molecule has 3 nitrogen and oxygen atoms in total. The number of nitrogens with zero attached hydrogens (tertiary/aromatic N) is 1. The van der Waals surface area contributed by atoms with E-state index in [-0.39, 0.29) is 6.04 Å². The zero-order valence-corrected chi connectivity index (χ0v) is 12.8. The summed E-state index contributed by atoms with van der Waals surface area (Å²) < 4.78 is 10.9. The maximum absolute atomic E-state index is 5.48. The summed E-state index contributed by atoms with van der Waals surface area (Å²) in [5, 5.41) is 0. The first kappa shape index (κ1) is 14.0. The summed E-state index contributed by atoms with van der Waals surface area (Å²) in [5.41, 5.74) is 3.97. The van der Waals surface area contributed by atoms with Gasteiger partial charge in [0.2, 0.25) is 0 Å². The van der Waals surface area contributed by atoms with Gasteiger partial charge in [0.25, 0.3) is 0 Å². The summed E-state index contributed by atoms with van der Waals surface area (Å²) in [6.45, 7) is 1.04. The van der Waals surface area contributed by atoms with Gasteiger partial charge in [0, 0.05) is 6.54 Å². The SMILES string of the molecule is COc1cc2c(cc1OC)[C@@H](c1ccccc1)N(C)CC2. The second-order valence-electron chi connectivity index (χ2n) is 5.45. The van der Waals surface area contributed by atoms with Crippen LogP contribution in [-0.4, -0.2) is 32.7 Å². The molecule has 3 heteroatoms. The lowest BCUT2D eigenvalue weighted by atomic mass is 9.88. The monoisotopic (exact) mass is 283 g/mol. The molecule has 1 aliphatic rings. The fourth-order valence-electron chi connectivity index (χ4n) is 3.14. The Morgan fingerprint density at radius 1 is 1.00 bits per heavy atom. The largest absolute Gasteiger partial charge is 0.493 e. The zero-order valence-electron chi connectivity index (χ0n) is 12.8. The highest BCUT2D eigenvalue weighted by Gasteiger charge is 2.27. The quantitative estimate of drug-likeness (QED) is 0.863. The maximum atomic E-state index is 5.48. The van der Waals surface area contributed by atoms with E-state index >= 15 is 0 Å². The van der Waals surface area contributed by atoms with Crippen LogP contribution in [0.2, 0.25) is 0 Å². The average Bonchev–Trinajstić information content (AvgIpc) is 2.54. The van der Waals surface area contributed by atoms with Crippen molar-refractivity contribution in [1.29, 1.82) is 0 Å². The van der Waals surface area contributed by atoms with E-state index in [9.17, 15) is 0 Å². The van der Waals surface area contributed by atoms with Crippen LogP contribution in [0.15, 0.2) is 42.5 Å². The molecule has 0 bridgehead atoms. The first-order chi connectivity index (χ1) is 10.2. The van der Waals surface area contributed by atoms with Gasteiger partial charge in [0.1, 0.15) is 0 Å². The van der Waals surface area contributed by atoms with Crippen LogP contribution >= 0.6 is 0 Å². The molecule has 0 saturated heterocycles. The maximum Gasteiger partial charge on any atom is 0.161 e. The van der Waals surface area contributed by atoms with E-state index in [0.717, 1.165) is 24.5 Å². The third-order valence-electron chi connectivity index (χ3n) is 4.23. The fourth-order valence-corrected chi connectivity index (χ4v) is 3.14. The van der Waals surface area contributed by atoms with Crippen molar-refractivity contribution in [1.82, 2.24) is 4.90 Å². The summed E-state index contributed by atoms with van der Waals surface area (Å²) in [6, 6.07) is 15.1. The van der Waals surface area contributed by atoms with Gasteiger partial charge in [0.05, 0.1) is 20.3 Å². The van der Waals surface area contributed by atoms with Crippen LogP contribution in [0.5, 0.6) is 11.5 Å². The van der Waals surface area contributed by atoms with Crippen LogP contribution in [0, 0.1) is 0 Å². The van der Waals surface area contributed by atoms with Crippen LogP contribution < -0.4 is 9.47 Å². The molecule has 0 saturated carbocycles. The topological polar surface area (TPSA) is 21.7 Å². The number of methoxy groups -OCH3 is 2. The Bertz CT molecular complexity index is 625. The Labute approximate surface area is 126 Å². The Morgan fingerprint density at radius 2 is 1.67 bits per heavy atom. The van der Waals surface area contributed by atoms with Gasteiger partial charge in [-0.05, 0) is 42.3 Å². The van der Waals surface area contributed by atoms with Crippen molar-refractivity contribution in [2.45, 2.75) is 12.5 Å². The first-order valence-corrected chi connectivity index (χ1v) is 7.24. The van der Waals surface area contributed by atoms with Gasteiger partial charge in [-0.1, -0.05) is 30.3 Å². The molecule has 0 amide bonds. The Morgan fingerprint density at radius 3 is 2.33 bits per heavy atom. The van der Waals surface area contributed by atoms with E-state index in [0.29, 0.717) is 0 Å². The number of hydrogen-bond acceptors (Lipinski definition) is 3. The second-order valence-corrected chi connectivity index (χ2v) is 5.45. The minimum absolute atomic E-state index is 0.273. The van der Waals surface area contributed by atoms with Crippen molar-refractivity contribution >= 4 is 0 Å². The molecule has 0 radical (unpaired) electrons. The smallest absolute Gasteiger partial charge is 0.161 e. The summed E-state index contributed by atoms with van der Waals surface area (Å²) in [4.78, 5) is 2.39. The molecule has 110 valence electrons. The van der Waals surface area contributed by atoms with Crippen molar-refractivity contribution in [3.8, 4) is 11.5 Å². The lowest BCUT2D eigenvalue weighted by molar-refractivity contribution is 0.262. The van der Waals surface area contributed by atoms with Gasteiger partial charge in [-0.2, -0.15) is 0 Å². The number of benzene rings is 2. The number of hydrogen-bond donors (Lipinski definition) is 0. The van der Waals surface area contributed by atoms with Gasteiger partial charge < -0.3 is 9.47 Å². The molecule has 0 aromatic heterocycles. The summed E-state index contributed by atoms with van der Waals surface area (Å²) in [7, 11) is 5.56. The van der Waals surface area contributed by atoms with Gasteiger partial charge in [-0.3, -0.25) is 4.90 Å². The molecule has 0 unspecified atom stereocenters. The highest BCUT2D eigenvalue weighted by Crippen LogP contribution is 2.40. The molecule has 1 heterocycles. The summed E-state index contributed by atoms with van der Waals surface area (Å²) in [6.07, 6.45) is 1.04. The molecule has 2 aromatic carbocycles. The van der Waals surface area contributed by atoms with Crippen molar-refractivity contribution in [2.24, 2.45) is 0 Å². The van der Waals surface area contributed by atoms with E-state index < -0.39 is 0 Å². The van der Waals surface area contributed by atoms with Crippen LogP contribution in [-0.2, 0) is 6.42 Å². The molecule has 0 fully saturated rings. The molecule has 1 atom stereocenters. The minimum atomic E-state index is 0.273. The van der Waals surface area contributed by atoms with Crippen LogP contribution in [0.1, 0.15) is 22.7 Å². The normalized spacial score (nSPS) is 18.1. The highest BCUT2D eigenvalue weighted by atomic mass is 16.5. The number of ether oxygens (including phenoxy) is 2. The average molecular weight is 283 g/mol. The standard InChI is InChI=1S/C18H21NO2/c1-19-10-9-14-11-16(20-2)17(21-3)12-15(14)18(19)13-7-5-4-6-8-13/h4-8,11-12,18H,9-10H2,1-3H3/t18-/m1/s1. The van der Waals surface area contributed by atoms with Gasteiger partial charge in [-0.15, -0.1) is 0 Å². The molecule has 1 aliphatic heterocycles. The van der Waals surface area contributed by atoms with E-state index in [1.54, 1.807) is 14.2 Å². The highest BCUT2D eigenvalue weighted by molar-refractivity contribution is 5.51. The number of rotatable bonds is 3. The van der Waals surface area contributed by atoms with E-state index in [4.69, 9.17) is 9.47 Å². The van der Waals surface area contributed by atoms with E-state index in [1.807, 2.05) is 0 Å². The lowest BCUT2D eigenvalue weighted by Crippen LogP contribution is -2.32. The van der Waals surface area contributed by atoms with Crippen LogP contribution in [0.4, 0.5) is 0 Å². The Kier molecular flexibility index (Phi) is 3.84. The van der Waals surface area contributed by atoms with E-state index in [2.05, 4.69) is 54.4 Å². The third kappa shape index (κ3) is 2.49. The van der Waals surface area contributed by atoms with Gasteiger partial charge in [-0.25, -0.2) is 0 Å². The van der Waals surface area contributed by atoms with Crippen molar-refractivity contribution in [3.63, 3.8) is 0 Å². The predicted molar refractivity (Wildman–Crippen MR) is 84.2 cm³/mol. The summed E-state index contributed by atoms with van der Waals surface area (Å²) >= 11 is 0. The Balaban J connectivity index is 2.13. The van der Waals surface area contributed by atoms with Crippen molar-refractivity contribution in [2.75, 3.05) is 27.8 Å². The summed E-state index contributed by atoms with van der Waals surface area (Å²) in [5.74, 6) is 1.61. The molecule has 3 rings (SSSR count). The first-order valence-electron chi connectivity index (χ1n) is 7.24. The molecule has 0 N–H and O–H groups in total. The third-order valence-corrected chi connectivity index (χ3v) is 4.23. The van der Waals surface area contributed by atoms with Crippen LogP contribution in [0.3, 0.4) is 0 Å². The van der Waals surface area contributed by atoms with Crippen LogP contribution in [0.25, 0.3) is 0 Å². The molecule has 2 aromatic rings. The molecular weight excluding hydrogens is 262 g/mol. The van der Waals surface area contributed by atoms with Gasteiger partial charge >= 0.3 is 0 Å². The molecule has 21 heavy (non-hydrogen) atoms. The fraction of sp³-hybridized carbons (Fsp3) is 0.333. The zero-order chi connectivity index (χ0) is 14.8. The predicted octanol–water partition coefficient (Wildman–Crippen LogP) is 3.28. The van der Waals surface area contributed by atoms with E-state index in [1.165, 1.54) is 16.7 Å². The molecule has 0 aliphatic carbocycles. The molecular formula is C18H21NO2. The Hall–Kier alpha value is -2.00. The van der Waals surface area contributed by atoms with Crippen molar-refractivity contribution in [3.05, 3.63) is 59.2 Å². The number of likely N-dealkylation sites (N-methyl/N-ethyl adjacent to an activating group) is 1.